The van der Waals surface area contributed by atoms with E-state index < -0.39 is 0 Å². The maximum Gasteiger partial charge on any atom is 0.142 e. The first kappa shape index (κ1) is 13.7. The van der Waals surface area contributed by atoms with E-state index in [9.17, 15) is 0 Å². The Morgan fingerprint density at radius 2 is 2.00 bits per heavy atom. The molecule has 0 aliphatic carbocycles. The van der Waals surface area contributed by atoms with Gasteiger partial charge in [-0.05, 0) is 32.6 Å². The van der Waals surface area contributed by atoms with Crippen molar-refractivity contribution in [1.29, 1.82) is 0 Å². The molecule has 0 saturated carbocycles. The van der Waals surface area contributed by atoms with Gasteiger partial charge in [-0.15, -0.1) is 0 Å². The zero-order valence-electron chi connectivity index (χ0n) is 11.0. The van der Waals surface area contributed by atoms with E-state index in [4.69, 9.17) is 5.84 Å². The Bertz CT molecular complexity index is 326. The molecule has 17 heavy (non-hydrogen) atoms. The molecule has 1 aromatic heterocycles. The number of rotatable bonds is 7. The number of aromatic nitrogens is 1. The largest absolute Gasteiger partial charge is 0.355 e. The van der Waals surface area contributed by atoms with E-state index in [0.29, 0.717) is 5.82 Å². The third kappa shape index (κ3) is 4.58. The smallest absolute Gasteiger partial charge is 0.142 e. The fourth-order valence-electron chi connectivity index (χ4n) is 1.61. The summed E-state index contributed by atoms with van der Waals surface area (Å²) in [5.74, 6) is 7.05. The molecule has 0 aliphatic heterocycles. The molecule has 0 radical (unpaired) electrons. The van der Waals surface area contributed by atoms with E-state index in [0.717, 1.165) is 31.9 Å². The van der Waals surface area contributed by atoms with Gasteiger partial charge in [0.1, 0.15) is 11.6 Å². The van der Waals surface area contributed by atoms with Crippen molar-refractivity contribution in [2.45, 2.75) is 13.3 Å². The fraction of sp³-hybridized carbons (Fsp3) is 0.583. The first-order valence-corrected chi connectivity index (χ1v) is 6.00. The average Bonchev–Trinajstić information content (AvgIpc) is 2.34. The number of nitrogens with two attached hydrogens (primary N) is 1. The molecule has 1 heterocycles. The first-order valence-electron chi connectivity index (χ1n) is 6.00. The number of hydrazine groups is 1. The predicted molar refractivity (Wildman–Crippen MR) is 73.1 cm³/mol. The van der Waals surface area contributed by atoms with Gasteiger partial charge in [-0.2, -0.15) is 0 Å². The van der Waals surface area contributed by atoms with Gasteiger partial charge in [-0.1, -0.05) is 13.0 Å². The van der Waals surface area contributed by atoms with E-state index >= 15 is 0 Å². The van der Waals surface area contributed by atoms with Crippen LogP contribution in [0.4, 0.5) is 11.6 Å². The summed E-state index contributed by atoms with van der Waals surface area (Å²) in [7, 11) is 4.16. The molecule has 0 aromatic carbocycles. The molecule has 0 atom stereocenters. The van der Waals surface area contributed by atoms with E-state index in [-0.39, 0.29) is 0 Å². The number of nitrogens with one attached hydrogen (secondary N) is 1. The van der Waals surface area contributed by atoms with Crippen molar-refractivity contribution in [3.63, 3.8) is 0 Å². The number of nitrogens with zero attached hydrogens (tertiary/aromatic N) is 3. The summed E-state index contributed by atoms with van der Waals surface area (Å²) in [6.07, 6.45) is 1.11. The van der Waals surface area contributed by atoms with Gasteiger partial charge in [0.15, 0.2) is 0 Å². The van der Waals surface area contributed by atoms with Crippen LogP contribution in [0, 0.1) is 0 Å². The standard InChI is InChI=1S/C12H23N5/c1-4-8-17(10-9-16(2)3)12-7-5-6-11(14-12)15-13/h5-7H,4,8-10,13H2,1-3H3,(H,14,15). The lowest BCUT2D eigenvalue weighted by Gasteiger charge is -2.25. The van der Waals surface area contributed by atoms with Crippen molar-refractivity contribution in [2.24, 2.45) is 5.84 Å². The minimum atomic E-state index is 0.702. The van der Waals surface area contributed by atoms with Crippen LogP contribution < -0.4 is 16.2 Å². The van der Waals surface area contributed by atoms with Crippen LogP contribution in [-0.4, -0.2) is 43.6 Å². The average molecular weight is 237 g/mol. The van der Waals surface area contributed by atoms with Crippen LogP contribution in [0.15, 0.2) is 18.2 Å². The van der Waals surface area contributed by atoms with Crippen molar-refractivity contribution >= 4 is 11.6 Å². The Morgan fingerprint density at radius 1 is 1.24 bits per heavy atom. The van der Waals surface area contributed by atoms with E-state index in [1.807, 2.05) is 18.2 Å². The second-order valence-electron chi connectivity index (χ2n) is 4.32. The summed E-state index contributed by atoms with van der Waals surface area (Å²) in [6, 6.07) is 5.85. The molecule has 1 rings (SSSR count). The van der Waals surface area contributed by atoms with Crippen LogP contribution in [0.2, 0.25) is 0 Å². The van der Waals surface area contributed by atoms with Gasteiger partial charge >= 0.3 is 0 Å². The summed E-state index contributed by atoms with van der Waals surface area (Å²) < 4.78 is 0. The first-order chi connectivity index (χ1) is 8.17. The molecule has 5 nitrogen and oxygen atoms in total. The highest BCUT2D eigenvalue weighted by Gasteiger charge is 2.07. The number of anilines is 2. The fourth-order valence-corrected chi connectivity index (χ4v) is 1.61. The molecule has 0 unspecified atom stereocenters. The molecular weight excluding hydrogens is 214 g/mol. The molecule has 0 spiro atoms. The normalized spacial score (nSPS) is 10.6. The number of pyridine rings is 1. The van der Waals surface area contributed by atoms with Gasteiger partial charge in [0.2, 0.25) is 0 Å². The SMILES string of the molecule is CCCN(CCN(C)C)c1cccc(NN)n1. The van der Waals surface area contributed by atoms with E-state index in [1.165, 1.54) is 0 Å². The number of hydrogen-bond donors (Lipinski definition) is 2. The Hall–Kier alpha value is -1.33. The van der Waals surface area contributed by atoms with Crippen LogP contribution in [0.5, 0.6) is 0 Å². The summed E-state index contributed by atoms with van der Waals surface area (Å²) in [5, 5.41) is 0. The van der Waals surface area contributed by atoms with E-state index in [1.54, 1.807) is 0 Å². The zero-order chi connectivity index (χ0) is 12.7. The lowest BCUT2D eigenvalue weighted by Crippen LogP contribution is -2.33. The summed E-state index contributed by atoms with van der Waals surface area (Å²) in [5.41, 5.74) is 2.58. The van der Waals surface area contributed by atoms with Crippen LogP contribution in [-0.2, 0) is 0 Å². The van der Waals surface area contributed by atoms with Gasteiger partial charge in [0, 0.05) is 19.6 Å². The highest BCUT2D eigenvalue weighted by Crippen LogP contribution is 2.13. The molecule has 3 N–H and O–H groups in total. The van der Waals surface area contributed by atoms with Crippen molar-refractivity contribution in [3.8, 4) is 0 Å². The van der Waals surface area contributed by atoms with Crippen molar-refractivity contribution in [1.82, 2.24) is 9.88 Å². The third-order valence-electron chi connectivity index (χ3n) is 2.52. The minimum absolute atomic E-state index is 0.702. The number of likely N-dealkylation sites (N-methyl/N-ethyl adjacent to an activating group) is 1. The minimum Gasteiger partial charge on any atom is -0.355 e. The summed E-state index contributed by atoms with van der Waals surface area (Å²) >= 11 is 0. The highest BCUT2D eigenvalue weighted by atomic mass is 15.3. The van der Waals surface area contributed by atoms with Crippen LogP contribution in [0.1, 0.15) is 13.3 Å². The van der Waals surface area contributed by atoms with Crippen LogP contribution >= 0.6 is 0 Å². The molecule has 0 bridgehead atoms. The molecule has 1 aromatic rings. The lowest BCUT2D eigenvalue weighted by molar-refractivity contribution is 0.412. The predicted octanol–water partition coefficient (Wildman–Crippen LogP) is 1.15. The summed E-state index contributed by atoms with van der Waals surface area (Å²) in [6.45, 7) is 5.17. The Balaban J connectivity index is 2.73. The molecule has 0 fully saturated rings. The van der Waals surface area contributed by atoms with Gasteiger partial charge in [0.25, 0.3) is 0 Å². The van der Waals surface area contributed by atoms with Gasteiger partial charge in [0.05, 0.1) is 0 Å². The maximum absolute atomic E-state index is 5.38. The van der Waals surface area contributed by atoms with Gasteiger partial charge in [-0.25, -0.2) is 10.8 Å². The molecule has 0 saturated heterocycles. The number of hydrogen-bond acceptors (Lipinski definition) is 5. The lowest BCUT2D eigenvalue weighted by atomic mass is 10.3. The van der Waals surface area contributed by atoms with E-state index in [2.05, 4.69) is 41.2 Å². The molecule has 5 heteroatoms. The van der Waals surface area contributed by atoms with Crippen molar-refractivity contribution < 1.29 is 0 Å². The van der Waals surface area contributed by atoms with Gasteiger partial charge < -0.3 is 15.2 Å². The Morgan fingerprint density at radius 3 is 2.59 bits per heavy atom. The second kappa shape index (κ2) is 7.09. The van der Waals surface area contributed by atoms with Crippen molar-refractivity contribution in [3.05, 3.63) is 18.2 Å². The van der Waals surface area contributed by atoms with Crippen LogP contribution in [0.3, 0.4) is 0 Å². The third-order valence-corrected chi connectivity index (χ3v) is 2.52. The zero-order valence-corrected chi connectivity index (χ0v) is 11.0. The quantitative estimate of drug-likeness (QED) is 0.550. The molecular formula is C12H23N5. The number of nitrogen functional groups attached to an aromatic ring is 1. The van der Waals surface area contributed by atoms with Crippen molar-refractivity contribution in [2.75, 3.05) is 44.1 Å². The topological polar surface area (TPSA) is 57.4 Å². The second-order valence-corrected chi connectivity index (χ2v) is 4.32. The Kier molecular flexibility index (Phi) is 5.72. The maximum atomic E-state index is 5.38. The highest BCUT2D eigenvalue weighted by molar-refractivity contribution is 5.46. The summed E-state index contributed by atoms with van der Waals surface area (Å²) in [4.78, 5) is 8.91. The molecule has 0 aliphatic rings. The van der Waals surface area contributed by atoms with Crippen LogP contribution in [0.25, 0.3) is 0 Å². The Labute approximate surface area is 104 Å². The monoisotopic (exact) mass is 237 g/mol. The van der Waals surface area contributed by atoms with Gasteiger partial charge in [-0.3, -0.25) is 0 Å². The molecule has 96 valence electrons. The molecule has 0 amide bonds.